The van der Waals surface area contributed by atoms with Gasteiger partial charge < -0.3 is 9.72 Å². The van der Waals surface area contributed by atoms with Crippen molar-refractivity contribution in [3.8, 4) is 0 Å². The van der Waals surface area contributed by atoms with Gasteiger partial charge in [-0.1, -0.05) is 36.4 Å². The second kappa shape index (κ2) is 7.35. The summed E-state index contributed by atoms with van der Waals surface area (Å²) < 4.78 is 4.54. The van der Waals surface area contributed by atoms with Crippen LogP contribution in [0.4, 0.5) is 10.7 Å². The van der Waals surface area contributed by atoms with Gasteiger partial charge in [-0.3, -0.25) is 5.32 Å². The number of alkyl halides is 1. The smallest absolute Gasteiger partial charge is 0.413 e. The Kier molecular flexibility index (Phi) is 5.47. The summed E-state index contributed by atoms with van der Waals surface area (Å²) in [4.78, 5) is 18.5. The Hall–Kier alpha value is -2.24. The highest BCUT2D eigenvalue weighted by atomic mass is 35.5. The number of anilines is 1. The number of hydrogen-bond donors (Lipinski definition) is 2. The maximum atomic E-state index is 11.2. The van der Waals surface area contributed by atoms with Crippen LogP contribution in [0.2, 0.25) is 0 Å². The van der Waals surface area contributed by atoms with Crippen LogP contribution in [0, 0.1) is 0 Å². The monoisotopic (exact) mass is 351 g/mol. The molecule has 0 aliphatic heterocycles. The fourth-order valence-corrected chi connectivity index (χ4v) is 2.49. The molecule has 2 aromatic carbocycles. The topological polar surface area (TPSA) is 67.0 Å². The molecular formula is C16H15Cl2N3O2. The normalized spacial score (nSPS) is 11.6. The fourth-order valence-electron chi connectivity index (χ4n) is 2.21. The second-order valence-electron chi connectivity index (χ2n) is 4.75. The summed E-state index contributed by atoms with van der Waals surface area (Å²) in [6.45, 7) is 0. The number of aromatic amines is 1. The van der Waals surface area contributed by atoms with Gasteiger partial charge in [0.25, 0.3) is 0 Å². The number of amides is 1. The van der Waals surface area contributed by atoms with Crippen LogP contribution in [0.5, 0.6) is 0 Å². The minimum atomic E-state index is -0.571. The number of ether oxygens (including phenoxy) is 1. The Morgan fingerprint density at radius 3 is 2.65 bits per heavy atom. The molecule has 7 heteroatoms. The first-order chi connectivity index (χ1) is 10.7. The molecule has 1 amide bonds. The van der Waals surface area contributed by atoms with Crippen molar-refractivity contribution in [3.63, 3.8) is 0 Å². The number of rotatable bonds is 3. The van der Waals surface area contributed by atoms with E-state index in [0.717, 1.165) is 22.2 Å². The number of fused-ring (bicyclic) bond motifs is 1. The Labute approximate surface area is 144 Å². The summed E-state index contributed by atoms with van der Waals surface area (Å²) in [5.74, 6) is 0.338. The first-order valence-corrected chi connectivity index (χ1v) is 7.14. The summed E-state index contributed by atoms with van der Waals surface area (Å²) in [6.07, 6.45) is -0.571. The Balaban J connectivity index is 0.00000192. The maximum Gasteiger partial charge on any atom is 0.413 e. The van der Waals surface area contributed by atoms with Gasteiger partial charge in [0, 0.05) is 0 Å². The highest BCUT2D eigenvalue weighted by Crippen LogP contribution is 2.30. The van der Waals surface area contributed by atoms with Crippen LogP contribution in [0.25, 0.3) is 11.0 Å². The predicted octanol–water partition coefficient (Wildman–Crippen LogP) is 4.49. The minimum absolute atomic E-state index is 0. The van der Waals surface area contributed by atoms with Gasteiger partial charge in [0.15, 0.2) is 0 Å². The van der Waals surface area contributed by atoms with Crippen LogP contribution in [0.3, 0.4) is 0 Å². The van der Waals surface area contributed by atoms with E-state index in [1.807, 2.05) is 48.5 Å². The predicted molar refractivity (Wildman–Crippen MR) is 93.5 cm³/mol. The number of carbonyl (C=O) groups is 1. The largest absolute Gasteiger partial charge is 0.453 e. The third kappa shape index (κ3) is 3.75. The van der Waals surface area contributed by atoms with Gasteiger partial charge in [-0.05, 0) is 23.3 Å². The van der Waals surface area contributed by atoms with E-state index >= 15 is 0 Å². The molecule has 0 bridgehead atoms. The van der Waals surface area contributed by atoms with Crippen LogP contribution in [-0.4, -0.2) is 23.2 Å². The third-order valence-corrected chi connectivity index (χ3v) is 3.80. The molecule has 0 spiro atoms. The van der Waals surface area contributed by atoms with Crippen molar-refractivity contribution in [1.82, 2.24) is 9.97 Å². The van der Waals surface area contributed by atoms with Crippen molar-refractivity contribution in [1.29, 1.82) is 0 Å². The van der Waals surface area contributed by atoms with Gasteiger partial charge in [0.05, 0.1) is 23.5 Å². The SMILES string of the molecule is COC(=O)Nc1nc2ccc(C(Cl)c3ccccc3)cc2[nH]1.Cl. The fraction of sp³-hybridized carbons (Fsp3) is 0.125. The van der Waals surface area contributed by atoms with Gasteiger partial charge in [0.1, 0.15) is 0 Å². The standard InChI is InChI=1S/C16H14ClN3O2.ClH/c1-22-16(21)20-15-18-12-8-7-11(9-13(12)19-15)14(17)10-5-3-2-4-6-10;/h2-9,14H,1H3,(H2,18,19,20,21);1H. The molecular weight excluding hydrogens is 337 g/mol. The molecule has 0 saturated carbocycles. The van der Waals surface area contributed by atoms with Crippen LogP contribution in [-0.2, 0) is 4.74 Å². The number of benzene rings is 2. The average Bonchev–Trinajstić information content (AvgIpc) is 2.96. The zero-order chi connectivity index (χ0) is 15.5. The third-order valence-electron chi connectivity index (χ3n) is 3.30. The summed E-state index contributed by atoms with van der Waals surface area (Å²) in [5, 5.41) is 2.26. The molecule has 1 unspecified atom stereocenters. The van der Waals surface area contributed by atoms with E-state index in [9.17, 15) is 4.79 Å². The molecule has 3 aromatic rings. The summed E-state index contributed by atoms with van der Waals surface area (Å²) in [5.41, 5.74) is 3.52. The molecule has 3 rings (SSSR count). The van der Waals surface area contributed by atoms with Crippen LogP contribution >= 0.6 is 24.0 Å². The number of aromatic nitrogens is 2. The number of hydrogen-bond acceptors (Lipinski definition) is 3. The summed E-state index contributed by atoms with van der Waals surface area (Å²) in [7, 11) is 1.30. The van der Waals surface area contributed by atoms with Crippen molar-refractivity contribution in [2.24, 2.45) is 0 Å². The lowest BCUT2D eigenvalue weighted by molar-refractivity contribution is 0.186. The van der Waals surface area contributed by atoms with Crippen molar-refractivity contribution >= 4 is 47.1 Å². The number of methoxy groups -OCH3 is 1. The molecule has 120 valence electrons. The first-order valence-electron chi connectivity index (χ1n) is 6.71. The summed E-state index contributed by atoms with van der Waals surface area (Å²) in [6, 6.07) is 15.6. The van der Waals surface area contributed by atoms with Gasteiger partial charge in [-0.15, -0.1) is 24.0 Å². The number of H-pyrrole nitrogens is 1. The van der Waals surface area contributed by atoms with Crippen molar-refractivity contribution in [2.45, 2.75) is 5.38 Å². The molecule has 0 radical (unpaired) electrons. The van der Waals surface area contributed by atoms with Gasteiger partial charge >= 0.3 is 6.09 Å². The summed E-state index contributed by atoms with van der Waals surface area (Å²) >= 11 is 6.52. The maximum absolute atomic E-state index is 11.2. The number of carbonyl (C=O) groups excluding carboxylic acids is 1. The highest BCUT2D eigenvalue weighted by Gasteiger charge is 2.13. The quantitative estimate of drug-likeness (QED) is 0.683. The van der Waals surface area contributed by atoms with E-state index in [2.05, 4.69) is 20.0 Å². The molecule has 0 fully saturated rings. The van der Waals surface area contributed by atoms with Gasteiger partial charge in [-0.25, -0.2) is 9.78 Å². The zero-order valence-electron chi connectivity index (χ0n) is 12.2. The Bertz CT molecular complexity index is 805. The lowest BCUT2D eigenvalue weighted by Crippen LogP contribution is -2.11. The lowest BCUT2D eigenvalue weighted by Gasteiger charge is -2.09. The Morgan fingerprint density at radius 2 is 1.96 bits per heavy atom. The van der Waals surface area contributed by atoms with Crippen LogP contribution < -0.4 is 5.32 Å². The Morgan fingerprint density at radius 1 is 1.22 bits per heavy atom. The number of halogens is 2. The van der Waals surface area contributed by atoms with E-state index in [4.69, 9.17) is 11.6 Å². The molecule has 0 aliphatic carbocycles. The second-order valence-corrected chi connectivity index (χ2v) is 5.19. The zero-order valence-corrected chi connectivity index (χ0v) is 13.8. The molecule has 1 aromatic heterocycles. The number of nitrogens with one attached hydrogen (secondary N) is 2. The molecule has 23 heavy (non-hydrogen) atoms. The number of nitrogens with zero attached hydrogens (tertiary/aromatic N) is 1. The van der Waals surface area contributed by atoms with Crippen LogP contribution in [0.15, 0.2) is 48.5 Å². The first kappa shape index (κ1) is 17.1. The van der Waals surface area contributed by atoms with E-state index in [0.29, 0.717) is 5.95 Å². The van der Waals surface area contributed by atoms with Crippen molar-refractivity contribution in [2.75, 3.05) is 12.4 Å². The number of imidazole rings is 1. The van der Waals surface area contributed by atoms with Gasteiger partial charge in [0.2, 0.25) is 5.95 Å². The van der Waals surface area contributed by atoms with Crippen molar-refractivity contribution < 1.29 is 9.53 Å². The van der Waals surface area contributed by atoms with E-state index in [-0.39, 0.29) is 17.8 Å². The molecule has 1 heterocycles. The molecule has 5 nitrogen and oxygen atoms in total. The molecule has 2 N–H and O–H groups in total. The minimum Gasteiger partial charge on any atom is -0.453 e. The molecule has 1 atom stereocenters. The van der Waals surface area contributed by atoms with Crippen LogP contribution in [0.1, 0.15) is 16.5 Å². The van der Waals surface area contributed by atoms with Crippen molar-refractivity contribution in [3.05, 3.63) is 59.7 Å². The van der Waals surface area contributed by atoms with E-state index < -0.39 is 6.09 Å². The lowest BCUT2D eigenvalue weighted by atomic mass is 10.0. The van der Waals surface area contributed by atoms with E-state index in [1.165, 1.54) is 7.11 Å². The highest BCUT2D eigenvalue weighted by molar-refractivity contribution is 6.22. The van der Waals surface area contributed by atoms with E-state index in [1.54, 1.807) is 0 Å². The van der Waals surface area contributed by atoms with Gasteiger partial charge in [-0.2, -0.15) is 0 Å². The molecule has 0 saturated heterocycles. The average molecular weight is 352 g/mol. The molecule has 0 aliphatic rings.